The predicted octanol–water partition coefficient (Wildman–Crippen LogP) is 1.02. The van der Waals surface area contributed by atoms with Crippen molar-refractivity contribution < 1.29 is 17.9 Å². The fourth-order valence-corrected chi connectivity index (χ4v) is 3.89. The van der Waals surface area contributed by atoms with Gasteiger partial charge in [0.05, 0.1) is 36.0 Å². The first-order chi connectivity index (χ1) is 9.91. The molecular weight excluding hydrogens is 292 g/mol. The molecule has 2 aliphatic rings. The zero-order valence-corrected chi connectivity index (χ0v) is 12.9. The van der Waals surface area contributed by atoms with Gasteiger partial charge in [0, 0.05) is 19.2 Å². The molecule has 1 aromatic rings. The van der Waals surface area contributed by atoms with E-state index < -0.39 is 15.6 Å². The Morgan fingerprint density at radius 1 is 1.29 bits per heavy atom. The van der Waals surface area contributed by atoms with Gasteiger partial charge in [-0.15, -0.1) is 0 Å². The number of rotatable bonds is 2. The number of ether oxygens (including phenoxy) is 2. The van der Waals surface area contributed by atoms with Crippen LogP contribution in [0, 0.1) is 0 Å². The van der Waals surface area contributed by atoms with E-state index in [4.69, 9.17) is 15.2 Å². The van der Waals surface area contributed by atoms with Crippen molar-refractivity contribution in [1.82, 2.24) is 0 Å². The molecule has 0 radical (unpaired) electrons. The molecule has 6 nitrogen and oxygen atoms in total. The molecule has 2 saturated heterocycles. The number of sulfone groups is 1. The summed E-state index contributed by atoms with van der Waals surface area (Å²) in [6.07, 6.45) is 2.95. The van der Waals surface area contributed by atoms with Crippen LogP contribution >= 0.6 is 0 Å². The van der Waals surface area contributed by atoms with E-state index in [1.165, 1.54) is 12.3 Å². The molecule has 2 N–H and O–H groups in total. The topological polar surface area (TPSA) is 81.9 Å². The summed E-state index contributed by atoms with van der Waals surface area (Å²) in [5.41, 5.74) is 7.12. The van der Waals surface area contributed by atoms with Crippen LogP contribution in [-0.4, -0.2) is 46.8 Å². The molecule has 1 spiro atoms. The maximum Gasteiger partial charge on any atom is 0.186 e. The molecule has 116 valence electrons. The van der Waals surface area contributed by atoms with Gasteiger partial charge in [-0.3, -0.25) is 0 Å². The third-order valence-corrected chi connectivity index (χ3v) is 5.17. The second-order valence-corrected chi connectivity index (χ2v) is 7.58. The molecule has 0 aliphatic carbocycles. The smallest absolute Gasteiger partial charge is 0.186 e. The monoisotopic (exact) mass is 312 g/mol. The van der Waals surface area contributed by atoms with E-state index in [2.05, 4.69) is 4.90 Å². The van der Waals surface area contributed by atoms with Crippen LogP contribution in [0.25, 0.3) is 0 Å². The molecule has 0 bridgehead atoms. The molecule has 2 heterocycles. The SMILES string of the molecule is CS(=O)(=O)c1cccc(N2CCCC3(C2)OCCO3)c1N. The average Bonchev–Trinajstić information content (AvgIpc) is 2.85. The Morgan fingerprint density at radius 2 is 2.00 bits per heavy atom. The molecule has 0 saturated carbocycles. The number of benzene rings is 1. The Labute approximate surface area is 124 Å². The molecule has 2 aliphatic heterocycles. The normalized spacial score (nSPS) is 21.9. The standard InChI is InChI=1S/C14H20N2O4S/c1-21(17,18)12-5-2-4-11(13(12)15)16-7-3-6-14(10-16)19-8-9-20-14/h2,4-5H,3,6-10,15H2,1H3. The van der Waals surface area contributed by atoms with Crippen molar-refractivity contribution in [3.63, 3.8) is 0 Å². The minimum atomic E-state index is -3.34. The molecule has 21 heavy (non-hydrogen) atoms. The molecule has 0 unspecified atom stereocenters. The van der Waals surface area contributed by atoms with Crippen LogP contribution in [0.3, 0.4) is 0 Å². The number of hydrogen-bond donors (Lipinski definition) is 1. The van der Waals surface area contributed by atoms with Gasteiger partial charge in [-0.2, -0.15) is 0 Å². The van der Waals surface area contributed by atoms with Crippen LogP contribution in [0.2, 0.25) is 0 Å². The first-order valence-corrected chi connectivity index (χ1v) is 8.92. The summed E-state index contributed by atoms with van der Waals surface area (Å²) in [6, 6.07) is 5.11. The van der Waals surface area contributed by atoms with E-state index >= 15 is 0 Å². The van der Waals surface area contributed by atoms with Crippen molar-refractivity contribution >= 4 is 21.2 Å². The maximum atomic E-state index is 11.8. The predicted molar refractivity (Wildman–Crippen MR) is 80.0 cm³/mol. The lowest BCUT2D eigenvalue weighted by molar-refractivity contribution is -0.161. The van der Waals surface area contributed by atoms with Gasteiger partial charge in [-0.25, -0.2) is 8.42 Å². The zero-order valence-electron chi connectivity index (χ0n) is 12.0. The number of hydrogen-bond acceptors (Lipinski definition) is 6. The van der Waals surface area contributed by atoms with E-state index in [-0.39, 0.29) is 4.90 Å². The Hall–Kier alpha value is -1.31. The van der Waals surface area contributed by atoms with Crippen LogP contribution in [0.15, 0.2) is 23.1 Å². The van der Waals surface area contributed by atoms with Gasteiger partial charge in [0.15, 0.2) is 15.6 Å². The second-order valence-electron chi connectivity index (χ2n) is 5.59. The Bertz CT molecular complexity index is 638. The van der Waals surface area contributed by atoms with Gasteiger partial charge in [0.2, 0.25) is 0 Å². The van der Waals surface area contributed by atoms with Crippen molar-refractivity contribution in [3.8, 4) is 0 Å². The van der Waals surface area contributed by atoms with E-state index in [1.807, 2.05) is 6.07 Å². The fraction of sp³-hybridized carbons (Fsp3) is 0.571. The first-order valence-electron chi connectivity index (χ1n) is 7.03. The van der Waals surface area contributed by atoms with E-state index in [1.54, 1.807) is 6.07 Å². The van der Waals surface area contributed by atoms with E-state index in [0.29, 0.717) is 25.4 Å². The highest BCUT2D eigenvalue weighted by Crippen LogP contribution is 2.36. The minimum absolute atomic E-state index is 0.174. The fourth-order valence-electron chi connectivity index (χ4n) is 3.06. The lowest BCUT2D eigenvalue weighted by Crippen LogP contribution is -2.49. The number of nitrogens with two attached hydrogens (primary N) is 1. The molecule has 0 amide bonds. The summed E-state index contributed by atoms with van der Waals surface area (Å²) < 4.78 is 35.1. The Kier molecular flexibility index (Phi) is 3.59. The van der Waals surface area contributed by atoms with Gasteiger partial charge in [0.1, 0.15) is 0 Å². The summed E-state index contributed by atoms with van der Waals surface area (Å²) in [5.74, 6) is -0.564. The largest absolute Gasteiger partial charge is 0.396 e. The molecule has 0 atom stereocenters. The van der Waals surface area contributed by atoms with Gasteiger partial charge in [0.25, 0.3) is 0 Å². The van der Waals surface area contributed by atoms with E-state index in [0.717, 1.165) is 25.1 Å². The third kappa shape index (κ3) is 2.73. The molecule has 2 fully saturated rings. The average molecular weight is 312 g/mol. The zero-order chi connectivity index (χ0) is 15.1. The first kappa shape index (κ1) is 14.6. The molecule has 0 aromatic heterocycles. The van der Waals surface area contributed by atoms with Crippen LogP contribution < -0.4 is 10.6 Å². The Balaban J connectivity index is 1.93. The molecule has 7 heteroatoms. The van der Waals surface area contributed by atoms with Gasteiger partial charge in [-0.05, 0) is 18.6 Å². The van der Waals surface area contributed by atoms with Crippen molar-refractivity contribution in [3.05, 3.63) is 18.2 Å². The molecule has 1 aromatic carbocycles. The molecular formula is C14H20N2O4S. The van der Waals surface area contributed by atoms with Gasteiger partial charge < -0.3 is 20.1 Å². The number of nitrogen functional groups attached to an aromatic ring is 1. The minimum Gasteiger partial charge on any atom is -0.396 e. The van der Waals surface area contributed by atoms with Crippen molar-refractivity contribution in [2.45, 2.75) is 23.5 Å². The van der Waals surface area contributed by atoms with Crippen LogP contribution in [0.4, 0.5) is 11.4 Å². The summed E-state index contributed by atoms with van der Waals surface area (Å²) in [6.45, 7) is 2.59. The van der Waals surface area contributed by atoms with Crippen molar-refractivity contribution in [2.75, 3.05) is 43.2 Å². The van der Waals surface area contributed by atoms with Crippen LogP contribution in [0.5, 0.6) is 0 Å². The number of para-hydroxylation sites is 1. The highest BCUT2D eigenvalue weighted by Gasteiger charge is 2.41. The highest BCUT2D eigenvalue weighted by molar-refractivity contribution is 7.90. The lowest BCUT2D eigenvalue weighted by Gasteiger charge is -2.40. The van der Waals surface area contributed by atoms with Gasteiger partial charge in [-0.1, -0.05) is 6.07 Å². The second kappa shape index (κ2) is 5.15. The maximum absolute atomic E-state index is 11.8. The third-order valence-electron chi connectivity index (χ3n) is 4.01. The quantitative estimate of drug-likeness (QED) is 0.821. The lowest BCUT2D eigenvalue weighted by atomic mass is 10.0. The number of anilines is 2. The van der Waals surface area contributed by atoms with Crippen molar-refractivity contribution in [2.24, 2.45) is 0 Å². The molecule has 3 rings (SSSR count). The summed E-state index contributed by atoms with van der Waals surface area (Å²) in [7, 11) is -3.34. The van der Waals surface area contributed by atoms with E-state index in [9.17, 15) is 8.42 Å². The van der Waals surface area contributed by atoms with Gasteiger partial charge >= 0.3 is 0 Å². The highest BCUT2D eigenvalue weighted by atomic mass is 32.2. The van der Waals surface area contributed by atoms with Crippen LogP contribution in [0.1, 0.15) is 12.8 Å². The summed E-state index contributed by atoms with van der Waals surface area (Å²) >= 11 is 0. The summed E-state index contributed by atoms with van der Waals surface area (Å²) in [5, 5.41) is 0. The number of piperidine rings is 1. The Morgan fingerprint density at radius 3 is 2.67 bits per heavy atom. The number of nitrogens with zero attached hydrogens (tertiary/aromatic N) is 1. The van der Waals surface area contributed by atoms with Crippen molar-refractivity contribution in [1.29, 1.82) is 0 Å². The van der Waals surface area contributed by atoms with Crippen LogP contribution in [-0.2, 0) is 19.3 Å². The summed E-state index contributed by atoms with van der Waals surface area (Å²) in [4.78, 5) is 2.23.